The second-order valence-electron chi connectivity index (χ2n) is 13.9. The summed E-state index contributed by atoms with van der Waals surface area (Å²) in [5.74, 6) is 1.47. The zero-order valence-electron chi connectivity index (χ0n) is 30.0. The van der Waals surface area contributed by atoms with E-state index >= 15 is 0 Å². The normalized spacial score (nSPS) is 14.0. The molecule has 0 radical (unpaired) electrons. The third-order valence-corrected chi connectivity index (χ3v) is 10.5. The molecule has 1 N–H and O–H groups in total. The Morgan fingerprint density at radius 2 is 0.873 bits per heavy atom. The average molecular weight is 705 g/mol. The van der Waals surface area contributed by atoms with Crippen LogP contribution in [0.25, 0.3) is 60.9 Å². The minimum atomic E-state index is -0.342. The number of amidine groups is 2. The first-order valence-corrected chi connectivity index (χ1v) is 18.7. The highest BCUT2D eigenvalue weighted by Crippen LogP contribution is 2.33. The number of hydrogen-bond acceptors (Lipinski definition) is 3. The largest absolute Gasteiger partial charge is 0.344 e. The first-order valence-electron chi connectivity index (χ1n) is 18.7. The van der Waals surface area contributed by atoms with Gasteiger partial charge in [0.15, 0.2) is 5.84 Å². The van der Waals surface area contributed by atoms with Crippen molar-refractivity contribution in [2.24, 2.45) is 9.98 Å². The van der Waals surface area contributed by atoms with Gasteiger partial charge in [0.25, 0.3) is 0 Å². The molecule has 1 atom stereocenters. The van der Waals surface area contributed by atoms with Crippen LogP contribution < -0.4 is 5.32 Å². The molecule has 1 aromatic heterocycles. The Balaban J connectivity index is 1.05. The molecule has 0 saturated heterocycles. The molecule has 10 rings (SSSR count). The van der Waals surface area contributed by atoms with Crippen molar-refractivity contribution in [3.8, 4) is 39.1 Å². The number of aliphatic imine (C=N–C) groups is 2. The smallest absolute Gasteiger partial charge is 0.159 e. The number of nitrogens with one attached hydrogen (secondary N) is 1. The van der Waals surface area contributed by atoms with Crippen LogP contribution >= 0.6 is 0 Å². The van der Waals surface area contributed by atoms with Crippen LogP contribution in [0, 0.1) is 0 Å². The van der Waals surface area contributed by atoms with E-state index in [0.717, 1.165) is 39.3 Å². The minimum Gasteiger partial charge on any atom is -0.344 e. The fraction of sp³-hybridized carbons (Fsp3) is 0.0196. The van der Waals surface area contributed by atoms with Crippen molar-refractivity contribution in [2.45, 2.75) is 6.17 Å². The molecule has 0 spiro atoms. The van der Waals surface area contributed by atoms with E-state index in [1.54, 1.807) is 0 Å². The molecule has 0 fully saturated rings. The number of nitrogens with zero attached hydrogens (tertiary/aromatic N) is 3. The molecule has 9 aromatic rings. The zero-order valence-corrected chi connectivity index (χ0v) is 30.0. The summed E-state index contributed by atoms with van der Waals surface area (Å²) in [6.07, 6.45) is -0.342. The predicted octanol–water partition coefficient (Wildman–Crippen LogP) is 12.3. The van der Waals surface area contributed by atoms with Crippen LogP contribution in [0.1, 0.15) is 22.9 Å². The minimum absolute atomic E-state index is 0.342. The Labute approximate surface area is 320 Å². The average Bonchev–Trinajstić information content (AvgIpc) is 3.61. The summed E-state index contributed by atoms with van der Waals surface area (Å²) in [5, 5.41) is 6.20. The number of rotatable bonds is 7. The number of fused-ring (bicyclic) bond motifs is 3. The maximum absolute atomic E-state index is 5.26. The second kappa shape index (κ2) is 13.9. The highest BCUT2D eigenvalue weighted by atomic mass is 15.2. The Bertz CT molecular complexity index is 2830. The second-order valence-corrected chi connectivity index (χ2v) is 13.9. The lowest BCUT2D eigenvalue weighted by Gasteiger charge is -2.24. The predicted molar refractivity (Wildman–Crippen MR) is 229 cm³/mol. The summed E-state index contributed by atoms with van der Waals surface area (Å²) in [7, 11) is 0. The van der Waals surface area contributed by atoms with Gasteiger partial charge in [0.1, 0.15) is 12.0 Å². The molecule has 8 aromatic carbocycles. The summed E-state index contributed by atoms with van der Waals surface area (Å²) in [4.78, 5) is 10.5. The Kier molecular flexibility index (Phi) is 8.19. The lowest BCUT2D eigenvalue weighted by Crippen LogP contribution is -2.33. The molecule has 0 bridgehead atoms. The fourth-order valence-corrected chi connectivity index (χ4v) is 7.73. The van der Waals surface area contributed by atoms with E-state index in [0.29, 0.717) is 5.84 Å². The Morgan fingerprint density at radius 1 is 0.382 bits per heavy atom. The first kappa shape index (κ1) is 32.4. The standard InChI is InChI=1S/C51H36N4/c1-3-14-35(15-4-1)39-18-11-19-40(32-39)37-28-30-38(31-29-37)49-52-50(42-21-12-20-41(33-42)36-16-5-2-6-17-36)54-51(53-49)43-22-13-23-44(34-43)55-47-26-9-7-24-45(47)46-25-8-10-27-48(46)55/h1-34,50H,(H,52,53,54). The highest BCUT2D eigenvalue weighted by molar-refractivity contribution is 6.14. The molecular weight excluding hydrogens is 669 g/mol. The molecule has 4 heteroatoms. The summed E-state index contributed by atoms with van der Waals surface area (Å²) in [6, 6.07) is 72.9. The summed E-state index contributed by atoms with van der Waals surface area (Å²) in [6.45, 7) is 0. The van der Waals surface area contributed by atoms with Gasteiger partial charge >= 0.3 is 0 Å². The molecule has 0 aliphatic carbocycles. The maximum atomic E-state index is 5.26. The van der Waals surface area contributed by atoms with Gasteiger partial charge in [-0.25, -0.2) is 9.98 Å². The van der Waals surface area contributed by atoms with Gasteiger partial charge in [-0.05, 0) is 75.3 Å². The molecule has 0 saturated carbocycles. The third kappa shape index (κ3) is 6.20. The molecule has 260 valence electrons. The van der Waals surface area contributed by atoms with Crippen LogP contribution in [-0.2, 0) is 0 Å². The van der Waals surface area contributed by atoms with Gasteiger partial charge in [0.05, 0.1) is 11.0 Å². The Morgan fingerprint density at radius 3 is 1.53 bits per heavy atom. The summed E-state index contributed by atoms with van der Waals surface area (Å²) < 4.78 is 2.35. The van der Waals surface area contributed by atoms with Gasteiger partial charge in [0.2, 0.25) is 0 Å². The van der Waals surface area contributed by atoms with Gasteiger partial charge in [-0.2, -0.15) is 0 Å². The van der Waals surface area contributed by atoms with E-state index in [4.69, 9.17) is 9.98 Å². The van der Waals surface area contributed by atoms with E-state index in [-0.39, 0.29) is 6.17 Å². The zero-order chi connectivity index (χ0) is 36.6. The van der Waals surface area contributed by atoms with Crippen LogP contribution in [0.15, 0.2) is 216 Å². The van der Waals surface area contributed by atoms with Gasteiger partial charge in [0, 0.05) is 27.6 Å². The fourth-order valence-electron chi connectivity index (χ4n) is 7.73. The van der Waals surface area contributed by atoms with Crippen LogP contribution in [-0.4, -0.2) is 16.2 Å². The lowest BCUT2D eigenvalue weighted by molar-refractivity contribution is 0.674. The van der Waals surface area contributed by atoms with Gasteiger partial charge < -0.3 is 9.88 Å². The molecule has 1 aliphatic heterocycles. The quantitative estimate of drug-likeness (QED) is 0.176. The highest BCUT2D eigenvalue weighted by Gasteiger charge is 2.22. The third-order valence-electron chi connectivity index (χ3n) is 10.5. The van der Waals surface area contributed by atoms with Gasteiger partial charge in [-0.1, -0.05) is 170 Å². The molecule has 1 unspecified atom stereocenters. The summed E-state index contributed by atoms with van der Waals surface area (Å²) >= 11 is 0. The molecule has 55 heavy (non-hydrogen) atoms. The van der Waals surface area contributed by atoms with Gasteiger partial charge in [-0.15, -0.1) is 0 Å². The first-order chi connectivity index (χ1) is 27.2. The van der Waals surface area contributed by atoms with E-state index in [1.165, 1.54) is 44.1 Å². The number of benzene rings is 8. The molecular formula is C51H36N4. The van der Waals surface area contributed by atoms with Crippen molar-refractivity contribution in [1.82, 2.24) is 9.88 Å². The molecule has 1 aliphatic rings. The van der Waals surface area contributed by atoms with E-state index in [1.807, 2.05) is 6.07 Å². The number of para-hydroxylation sites is 2. The Hall–Kier alpha value is -7.30. The van der Waals surface area contributed by atoms with Crippen molar-refractivity contribution in [1.29, 1.82) is 0 Å². The van der Waals surface area contributed by atoms with Crippen molar-refractivity contribution >= 4 is 33.5 Å². The number of hydrogen-bond donors (Lipinski definition) is 1. The van der Waals surface area contributed by atoms with E-state index in [9.17, 15) is 0 Å². The topological polar surface area (TPSA) is 41.7 Å². The van der Waals surface area contributed by atoms with Crippen molar-refractivity contribution in [2.75, 3.05) is 0 Å². The van der Waals surface area contributed by atoms with Crippen LogP contribution in [0.4, 0.5) is 0 Å². The molecule has 0 amide bonds. The van der Waals surface area contributed by atoms with Crippen LogP contribution in [0.2, 0.25) is 0 Å². The van der Waals surface area contributed by atoms with Crippen molar-refractivity contribution in [3.05, 3.63) is 223 Å². The SMILES string of the molecule is c1ccc(-c2cccc(-c3ccc(C4=NC(c5cccc(-c6ccccc6)c5)NC(c5cccc(-n6c7ccccc7c7ccccc76)c5)=N4)cc3)c2)cc1. The van der Waals surface area contributed by atoms with Crippen LogP contribution in [0.3, 0.4) is 0 Å². The monoisotopic (exact) mass is 704 g/mol. The lowest BCUT2D eigenvalue weighted by atomic mass is 9.98. The van der Waals surface area contributed by atoms with E-state index < -0.39 is 0 Å². The summed E-state index contributed by atoms with van der Waals surface area (Å²) in [5.41, 5.74) is 13.5. The van der Waals surface area contributed by atoms with Crippen molar-refractivity contribution < 1.29 is 0 Å². The van der Waals surface area contributed by atoms with Crippen molar-refractivity contribution in [3.63, 3.8) is 0 Å². The van der Waals surface area contributed by atoms with Gasteiger partial charge in [-0.3, -0.25) is 0 Å². The van der Waals surface area contributed by atoms with Crippen LogP contribution in [0.5, 0.6) is 0 Å². The maximum Gasteiger partial charge on any atom is 0.159 e. The molecule has 4 nitrogen and oxygen atoms in total. The van der Waals surface area contributed by atoms with E-state index in [2.05, 4.69) is 210 Å². The number of aromatic nitrogens is 1. The molecule has 2 heterocycles.